The van der Waals surface area contributed by atoms with Gasteiger partial charge in [0.2, 0.25) is 26.0 Å². The van der Waals surface area contributed by atoms with E-state index in [1.165, 1.54) is 23.1 Å². The van der Waals surface area contributed by atoms with Gasteiger partial charge in [-0.15, -0.1) is 0 Å². The van der Waals surface area contributed by atoms with Gasteiger partial charge in [-0.1, -0.05) is 12.1 Å². The minimum absolute atomic E-state index is 0.00368. The third-order valence-electron chi connectivity index (χ3n) is 4.80. The lowest BCUT2D eigenvalue weighted by Crippen LogP contribution is -2.51. The van der Waals surface area contributed by atoms with Gasteiger partial charge >= 0.3 is 0 Å². The summed E-state index contributed by atoms with van der Waals surface area (Å²) in [6.45, 7) is 0.0637. The summed E-state index contributed by atoms with van der Waals surface area (Å²) in [7, 11) is -7.89. The van der Waals surface area contributed by atoms with E-state index in [0.717, 1.165) is 34.6 Å². The number of hydrogen-bond donors (Lipinski definition) is 1. The number of benzene rings is 2. The molecule has 0 spiro atoms. The molecule has 0 aliphatic carbocycles. The van der Waals surface area contributed by atoms with Gasteiger partial charge in [0.25, 0.3) is 0 Å². The summed E-state index contributed by atoms with van der Waals surface area (Å²) < 4.78 is 79.7. The van der Waals surface area contributed by atoms with Crippen LogP contribution in [0.3, 0.4) is 0 Å². The summed E-state index contributed by atoms with van der Waals surface area (Å²) in [5.74, 6) is -1.75. The first-order valence-corrected chi connectivity index (χ1v) is 12.3. The number of sulfonamides is 2. The Kier molecular flexibility index (Phi) is 7.04. The zero-order chi connectivity index (χ0) is 22.6. The van der Waals surface area contributed by atoms with Crippen LogP contribution in [0.5, 0.6) is 0 Å². The molecule has 1 N–H and O–H groups in total. The minimum atomic E-state index is -4.01. The standard InChI is InChI=1S/C19H21F2N3O5S2/c20-15-5-7-16(8-6-15)30(26,27)22-10-9-19(25)23-11-13-24(14-12-23)31(28,29)18-4-2-1-3-17(18)21/h1-8,22H,9-14H2. The molecule has 0 unspecified atom stereocenters. The SMILES string of the molecule is O=C(CCNS(=O)(=O)c1ccc(F)cc1)N1CCN(S(=O)(=O)c2ccccc2F)CC1. The van der Waals surface area contributed by atoms with E-state index in [0.29, 0.717) is 0 Å². The number of rotatable bonds is 7. The van der Waals surface area contributed by atoms with Crippen LogP contribution >= 0.6 is 0 Å². The molecule has 1 heterocycles. The van der Waals surface area contributed by atoms with Crippen molar-refractivity contribution < 1.29 is 30.4 Å². The molecular weight excluding hydrogens is 452 g/mol. The molecule has 1 fully saturated rings. The van der Waals surface area contributed by atoms with E-state index in [4.69, 9.17) is 0 Å². The number of amides is 1. The first-order valence-electron chi connectivity index (χ1n) is 9.39. The molecule has 0 aromatic heterocycles. The molecular formula is C19H21F2N3O5S2. The normalized spacial score (nSPS) is 15.7. The van der Waals surface area contributed by atoms with Gasteiger partial charge in [0.15, 0.2) is 0 Å². The Hall–Kier alpha value is -2.41. The van der Waals surface area contributed by atoms with E-state index in [-0.39, 0.29) is 49.9 Å². The van der Waals surface area contributed by atoms with Crippen LogP contribution < -0.4 is 4.72 Å². The smallest absolute Gasteiger partial charge is 0.246 e. The molecule has 1 amide bonds. The van der Waals surface area contributed by atoms with Crippen LogP contribution in [0.4, 0.5) is 8.78 Å². The van der Waals surface area contributed by atoms with Crippen molar-refractivity contribution in [1.29, 1.82) is 0 Å². The highest BCUT2D eigenvalue weighted by molar-refractivity contribution is 7.89. The summed E-state index contributed by atoms with van der Waals surface area (Å²) in [5, 5.41) is 0. The van der Waals surface area contributed by atoms with Gasteiger partial charge in [-0.25, -0.2) is 30.3 Å². The summed E-state index contributed by atoms with van der Waals surface area (Å²) in [5.41, 5.74) is 0. The summed E-state index contributed by atoms with van der Waals surface area (Å²) >= 11 is 0. The molecule has 2 aromatic carbocycles. The van der Waals surface area contributed by atoms with E-state index in [9.17, 15) is 30.4 Å². The van der Waals surface area contributed by atoms with E-state index >= 15 is 0 Å². The largest absolute Gasteiger partial charge is 0.340 e. The second-order valence-corrected chi connectivity index (χ2v) is 10.5. The van der Waals surface area contributed by atoms with Crippen molar-refractivity contribution in [2.45, 2.75) is 16.2 Å². The monoisotopic (exact) mass is 473 g/mol. The molecule has 8 nitrogen and oxygen atoms in total. The minimum Gasteiger partial charge on any atom is -0.340 e. The second kappa shape index (κ2) is 9.39. The van der Waals surface area contributed by atoms with Crippen molar-refractivity contribution in [2.75, 3.05) is 32.7 Å². The summed E-state index contributed by atoms with van der Waals surface area (Å²) in [6, 6.07) is 9.37. The van der Waals surface area contributed by atoms with Gasteiger partial charge in [0, 0.05) is 39.1 Å². The predicted octanol–water partition coefficient (Wildman–Crippen LogP) is 1.17. The first-order chi connectivity index (χ1) is 14.6. The number of carbonyl (C=O) groups is 1. The van der Waals surface area contributed by atoms with Crippen LogP contribution in [0.2, 0.25) is 0 Å². The van der Waals surface area contributed by atoms with E-state index < -0.39 is 36.6 Å². The Morgan fingerprint density at radius 1 is 0.903 bits per heavy atom. The van der Waals surface area contributed by atoms with Gasteiger partial charge < -0.3 is 4.90 Å². The van der Waals surface area contributed by atoms with Crippen LogP contribution in [-0.2, 0) is 24.8 Å². The fraction of sp³-hybridized carbons (Fsp3) is 0.316. The molecule has 3 rings (SSSR count). The van der Waals surface area contributed by atoms with Gasteiger partial charge in [-0.05, 0) is 36.4 Å². The van der Waals surface area contributed by atoms with Crippen molar-refractivity contribution in [3.05, 3.63) is 60.2 Å². The van der Waals surface area contributed by atoms with Crippen molar-refractivity contribution in [3.63, 3.8) is 0 Å². The number of piperazine rings is 1. The third-order valence-corrected chi connectivity index (χ3v) is 8.21. The molecule has 0 radical (unpaired) electrons. The van der Waals surface area contributed by atoms with Crippen molar-refractivity contribution in [1.82, 2.24) is 13.9 Å². The van der Waals surface area contributed by atoms with E-state index in [1.54, 1.807) is 0 Å². The summed E-state index contributed by atoms with van der Waals surface area (Å²) in [4.78, 5) is 13.3. The third kappa shape index (κ3) is 5.45. The van der Waals surface area contributed by atoms with E-state index in [1.807, 2.05) is 0 Å². The number of nitrogens with zero attached hydrogens (tertiary/aromatic N) is 2. The van der Waals surface area contributed by atoms with Gasteiger partial charge in [-0.3, -0.25) is 4.79 Å². The van der Waals surface area contributed by atoms with Crippen LogP contribution in [0.25, 0.3) is 0 Å². The van der Waals surface area contributed by atoms with Crippen molar-refractivity contribution in [2.24, 2.45) is 0 Å². The quantitative estimate of drug-likeness (QED) is 0.650. The Balaban J connectivity index is 1.51. The zero-order valence-corrected chi connectivity index (χ0v) is 18.0. The van der Waals surface area contributed by atoms with Crippen LogP contribution in [-0.4, -0.2) is 64.7 Å². The molecule has 1 aliphatic rings. The number of nitrogens with one attached hydrogen (secondary N) is 1. The van der Waals surface area contributed by atoms with E-state index in [2.05, 4.69) is 4.72 Å². The van der Waals surface area contributed by atoms with Gasteiger partial charge in [0.1, 0.15) is 16.5 Å². The second-order valence-electron chi connectivity index (χ2n) is 6.82. The Labute approximate surface area is 179 Å². The van der Waals surface area contributed by atoms with Crippen LogP contribution in [0, 0.1) is 11.6 Å². The van der Waals surface area contributed by atoms with Crippen LogP contribution in [0.15, 0.2) is 58.3 Å². The zero-order valence-electron chi connectivity index (χ0n) is 16.4. The highest BCUT2D eigenvalue weighted by Crippen LogP contribution is 2.20. The molecule has 1 aliphatic heterocycles. The molecule has 0 saturated carbocycles. The van der Waals surface area contributed by atoms with Crippen molar-refractivity contribution in [3.8, 4) is 0 Å². The highest BCUT2D eigenvalue weighted by Gasteiger charge is 2.31. The molecule has 0 atom stereocenters. The van der Waals surface area contributed by atoms with Crippen LogP contribution in [0.1, 0.15) is 6.42 Å². The predicted molar refractivity (Wildman–Crippen MR) is 108 cm³/mol. The highest BCUT2D eigenvalue weighted by atomic mass is 32.2. The average molecular weight is 474 g/mol. The summed E-state index contributed by atoms with van der Waals surface area (Å²) in [6.07, 6.45) is -0.125. The Bertz CT molecular complexity index is 1150. The number of halogens is 2. The molecule has 12 heteroatoms. The molecule has 2 aromatic rings. The van der Waals surface area contributed by atoms with Gasteiger partial charge in [-0.2, -0.15) is 4.31 Å². The Morgan fingerprint density at radius 2 is 1.52 bits per heavy atom. The molecule has 1 saturated heterocycles. The lowest BCUT2D eigenvalue weighted by atomic mass is 10.3. The number of hydrogen-bond acceptors (Lipinski definition) is 5. The first kappa shape index (κ1) is 23.3. The molecule has 31 heavy (non-hydrogen) atoms. The maximum atomic E-state index is 13.9. The van der Waals surface area contributed by atoms with Gasteiger partial charge in [0.05, 0.1) is 4.90 Å². The van der Waals surface area contributed by atoms with Crippen molar-refractivity contribution >= 4 is 26.0 Å². The maximum Gasteiger partial charge on any atom is 0.246 e. The lowest BCUT2D eigenvalue weighted by Gasteiger charge is -2.34. The fourth-order valence-corrected chi connectivity index (χ4v) is 5.64. The maximum absolute atomic E-state index is 13.9. The number of carbonyl (C=O) groups excluding carboxylic acids is 1. The molecule has 0 bridgehead atoms. The molecule has 168 valence electrons. The fourth-order valence-electron chi connectivity index (χ4n) is 3.12. The Morgan fingerprint density at radius 3 is 2.13 bits per heavy atom. The topological polar surface area (TPSA) is 104 Å². The average Bonchev–Trinajstić information content (AvgIpc) is 2.74. The lowest BCUT2D eigenvalue weighted by molar-refractivity contribution is -0.132.